The molecule has 0 aliphatic heterocycles. The zero-order chi connectivity index (χ0) is 16.2. The lowest BCUT2D eigenvalue weighted by Crippen LogP contribution is -2.41. The van der Waals surface area contributed by atoms with Crippen molar-refractivity contribution in [3.8, 4) is 0 Å². The van der Waals surface area contributed by atoms with Crippen LogP contribution in [0.25, 0.3) is 0 Å². The molecule has 0 fully saturated rings. The Kier molecular flexibility index (Phi) is 5.60. The van der Waals surface area contributed by atoms with Gasteiger partial charge in [-0.1, -0.05) is 11.6 Å². The maximum Gasteiger partial charge on any atom is 0.326 e. The molecule has 1 aromatic rings. The number of carboxylic acids is 2. The van der Waals surface area contributed by atoms with E-state index < -0.39 is 52.5 Å². The van der Waals surface area contributed by atoms with Crippen LogP contribution in [0.1, 0.15) is 23.2 Å². The highest BCUT2D eigenvalue weighted by Crippen LogP contribution is 2.20. The second kappa shape index (κ2) is 6.98. The van der Waals surface area contributed by atoms with Crippen LogP contribution in [0.15, 0.2) is 12.1 Å². The van der Waals surface area contributed by atoms with Gasteiger partial charge < -0.3 is 15.5 Å². The SMILES string of the molecule is O=C(O)CCC(NC(=O)c1cc(F)c(F)cc1Cl)C(=O)O. The van der Waals surface area contributed by atoms with Gasteiger partial charge in [-0.15, -0.1) is 0 Å². The average Bonchev–Trinajstić information content (AvgIpc) is 2.37. The third kappa shape index (κ3) is 4.67. The van der Waals surface area contributed by atoms with E-state index in [1.54, 1.807) is 0 Å². The summed E-state index contributed by atoms with van der Waals surface area (Å²) in [4.78, 5) is 33.1. The van der Waals surface area contributed by atoms with Gasteiger partial charge in [0.15, 0.2) is 11.6 Å². The molecule has 9 heteroatoms. The molecule has 114 valence electrons. The van der Waals surface area contributed by atoms with Gasteiger partial charge in [-0.05, 0) is 18.6 Å². The van der Waals surface area contributed by atoms with Crippen molar-refractivity contribution in [3.05, 3.63) is 34.4 Å². The van der Waals surface area contributed by atoms with Gasteiger partial charge in [0.25, 0.3) is 5.91 Å². The number of benzene rings is 1. The maximum atomic E-state index is 13.1. The fourth-order valence-electron chi connectivity index (χ4n) is 1.46. The molecular weight excluding hydrogens is 312 g/mol. The molecule has 1 amide bonds. The van der Waals surface area contributed by atoms with Crippen molar-refractivity contribution in [2.45, 2.75) is 18.9 Å². The number of carbonyl (C=O) groups excluding carboxylic acids is 1. The maximum absolute atomic E-state index is 13.1. The van der Waals surface area contributed by atoms with Gasteiger partial charge in [-0.3, -0.25) is 9.59 Å². The number of halogens is 3. The minimum Gasteiger partial charge on any atom is -0.481 e. The lowest BCUT2D eigenvalue weighted by molar-refractivity contribution is -0.140. The number of rotatable bonds is 6. The lowest BCUT2D eigenvalue weighted by atomic mass is 10.1. The molecule has 1 rings (SSSR count). The number of carbonyl (C=O) groups is 3. The van der Waals surface area contributed by atoms with Crippen molar-refractivity contribution in [2.75, 3.05) is 0 Å². The molecule has 0 aliphatic rings. The summed E-state index contributed by atoms with van der Waals surface area (Å²) < 4.78 is 25.9. The molecule has 0 aliphatic carbocycles. The number of hydrogen-bond donors (Lipinski definition) is 3. The summed E-state index contributed by atoms with van der Waals surface area (Å²) in [6, 6.07) is -0.375. The Hall–Kier alpha value is -2.22. The number of aliphatic carboxylic acids is 2. The molecule has 0 aromatic heterocycles. The van der Waals surface area contributed by atoms with E-state index in [2.05, 4.69) is 0 Å². The predicted octanol–water partition coefficient (Wildman–Crippen LogP) is 1.67. The van der Waals surface area contributed by atoms with Gasteiger partial charge in [0.05, 0.1) is 10.6 Å². The summed E-state index contributed by atoms with van der Waals surface area (Å²) in [5, 5.41) is 19.0. The van der Waals surface area contributed by atoms with Gasteiger partial charge in [-0.25, -0.2) is 13.6 Å². The van der Waals surface area contributed by atoms with Crippen molar-refractivity contribution >= 4 is 29.4 Å². The van der Waals surface area contributed by atoms with E-state index in [1.165, 1.54) is 0 Å². The fraction of sp³-hybridized carbons (Fsp3) is 0.250. The van der Waals surface area contributed by atoms with Gasteiger partial charge in [0.1, 0.15) is 6.04 Å². The summed E-state index contributed by atoms with van der Waals surface area (Å²) in [6.07, 6.45) is -0.847. The molecular formula is C12H10ClF2NO5. The zero-order valence-electron chi connectivity index (χ0n) is 10.4. The van der Waals surface area contributed by atoms with Gasteiger partial charge in [0, 0.05) is 6.42 Å². The van der Waals surface area contributed by atoms with E-state index in [9.17, 15) is 23.2 Å². The molecule has 6 nitrogen and oxygen atoms in total. The lowest BCUT2D eigenvalue weighted by Gasteiger charge is -2.14. The van der Waals surface area contributed by atoms with E-state index >= 15 is 0 Å². The highest BCUT2D eigenvalue weighted by molar-refractivity contribution is 6.33. The number of amides is 1. The first-order chi connectivity index (χ1) is 9.72. The fourth-order valence-corrected chi connectivity index (χ4v) is 1.69. The third-order valence-corrected chi connectivity index (χ3v) is 2.82. The first-order valence-corrected chi connectivity index (χ1v) is 6.00. The van der Waals surface area contributed by atoms with Crippen molar-refractivity contribution in [1.82, 2.24) is 5.32 Å². The van der Waals surface area contributed by atoms with Gasteiger partial charge in [-0.2, -0.15) is 0 Å². The Morgan fingerprint density at radius 3 is 2.29 bits per heavy atom. The summed E-state index contributed by atoms with van der Waals surface area (Å²) in [6.45, 7) is 0. The molecule has 0 bridgehead atoms. The van der Waals surface area contributed by atoms with Gasteiger partial charge >= 0.3 is 11.9 Å². The van der Waals surface area contributed by atoms with Crippen molar-refractivity contribution in [2.24, 2.45) is 0 Å². The minimum absolute atomic E-state index is 0.363. The van der Waals surface area contributed by atoms with Crippen LogP contribution >= 0.6 is 11.6 Å². The Labute approximate surface area is 122 Å². The molecule has 21 heavy (non-hydrogen) atoms. The molecule has 0 saturated heterocycles. The molecule has 0 saturated carbocycles. The first kappa shape index (κ1) is 16.8. The molecule has 0 radical (unpaired) electrons. The number of hydrogen-bond acceptors (Lipinski definition) is 3. The summed E-state index contributed by atoms with van der Waals surface area (Å²) in [7, 11) is 0. The minimum atomic E-state index is -1.49. The molecule has 0 spiro atoms. The Balaban J connectivity index is 2.89. The highest BCUT2D eigenvalue weighted by Gasteiger charge is 2.23. The molecule has 0 heterocycles. The molecule has 3 N–H and O–H groups in total. The summed E-state index contributed by atoms with van der Waals surface area (Å²) >= 11 is 5.58. The highest BCUT2D eigenvalue weighted by atomic mass is 35.5. The van der Waals surface area contributed by atoms with Crippen LogP contribution in [-0.4, -0.2) is 34.1 Å². The van der Waals surface area contributed by atoms with Crippen molar-refractivity contribution in [3.63, 3.8) is 0 Å². The van der Waals surface area contributed by atoms with Crippen LogP contribution in [-0.2, 0) is 9.59 Å². The Morgan fingerprint density at radius 2 is 1.76 bits per heavy atom. The van der Waals surface area contributed by atoms with Crippen LogP contribution in [0.2, 0.25) is 5.02 Å². The summed E-state index contributed by atoms with van der Waals surface area (Å²) in [5.74, 6) is -6.31. The van der Waals surface area contributed by atoms with E-state index in [4.69, 9.17) is 21.8 Å². The molecule has 1 unspecified atom stereocenters. The van der Waals surface area contributed by atoms with Gasteiger partial charge in [0.2, 0.25) is 0 Å². The van der Waals surface area contributed by atoms with Crippen LogP contribution in [0, 0.1) is 11.6 Å². The quantitative estimate of drug-likeness (QED) is 0.691. The normalized spacial score (nSPS) is 11.8. The van der Waals surface area contributed by atoms with E-state index in [-0.39, 0.29) is 6.42 Å². The number of nitrogens with one attached hydrogen (secondary N) is 1. The molecule has 1 atom stereocenters. The van der Waals surface area contributed by atoms with Crippen LogP contribution < -0.4 is 5.32 Å². The Morgan fingerprint density at radius 1 is 1.19 bits per heavy atom. The van der Waals surface area contributed by atoms with Crippen molar-refractivity contribution in [1.29, 1.82) is 0 Å². The Bertz CT molecular complexity index is 593. The average molecular weight is 322 g/mol. The second-order valence-corrected chi connectivity index (χ2v) is 4.45. The third-order valence-electron chi connectivity index (χ3n) is 2.50. The van der Waals surface area contributed by atoms with E-state index in [0.29, 0.717) is 12.1 Å². The molecule has 1 aromatic carbocycles. The predicted molar refractivity (Wildman–Crippen MR) is 67.1 cm³/mol. The van der Waals surface area contributed by atoms with Crippen LogP contribution in [0.4, 0.5) is 8.78 Å². The van der Waals surface area contributed by atoms with Crippen LogP contribution in [0.5, 0.6) is 0 Å². The topological polar surface area (TPSA) is 104 Å². The van der Waals surface area contributed by atoms with E-state index in [1.807, 2.05) is 5.32 Å². The zero-order valence-corrected chi connectivity index (χ0v) is 11.2. The van der Waals surface area contributed by atoms with Crippen molar-refractivity contribution < 1.29 is 33.4 Å². The number of carboxylic acid groups (broad SMARTS) is 2. The van der Waals surface area contributed by atoms with E-state index in [0.717, 1.165) is 0 Å². The standard InChI is InChI=1S/C12H10ClF2NO5/c13-6-4-8(15)7(14)3-5(6)11(19)16-9(12(20)21)1-2-10(17)18/h3-4,9H,1-2H2,(H,16,19)(H,17,18)(H,20,21). The first-order valence-electron chi connectivity index (χ1n) is 5.62. The second-order valence-electron chi connectivity index (χ2n) is 4.04. The summed E-state index contributed by atoms with van der Waals surface area (Å²) in [5.41, 5.74) is -0.447. The van der Waals surface area contributed by atoms with Crippen LogP contribution in [0.3, 0.4) is 0 Å². The smallest absolute Gasteiger partial charge is 0.326 e. The largest absolute Gasteiger partial charge is 0.481 e. The monoisotopic (exact) mass is 321 g/mol.